The summed E-state index contributed by atoms with van der Waals surface area (Å²) in [6.45, 7) is 11.7. The predicted molar refractivity (Wildman–Crippen MR) is 264 cm³/mol. The molecule has 9 aromatic carbocycles. The summed E-state index contributed by atoms with van der Waals surface area (Å²) in [4.78, 5) is 2.52. The monoisotopic (exact) mass is 807 g/mol. The largest absolute Gasteiger partial charge is 0.310 e. The molecule has 0 spiro atoms. The van der Waals surface area contributed by atoms with Crippen LogP contribution in [-0.2, 0) is 16.2 Å². The number of hydrogen-bond acceptors (Lipinski definition) is 1. The third-order valence-corrected chi connectivity index (χ3v) is 14.8. The standard InChI is InChI=1S/C62H49N/c1-40-17-16-18-41(35-40)42-27-31-50-52-33-29-47(39-59(52)61(4,5)57(50)36-42)63(46-28-32-51-48-23-12-14-25-54(48)60(2,3)58(51)38-46)45-30-34-56-53(37-45)49-24-13-15-26-55(49)62(56,43-19-8-6-9-20-43)44-21-10-7-11-22-44/h6-39H,1-5H3. The van der Waals surface area contributed by atoms with Crippen molar-refractivity contribution < 1.29 is 0 Å². The summed E-state index contributed by atoms with van der Waals surface area (Å²) in [5.74, 6) is 0. The van der Waals surface area contributed by atoms with Gasteiger partial charge in [-0.25, -0.2) is 0 Å². The molecule has 3 aliphatic carbocycles. The van der Waals surface area contributed by atoms with E-state index in [-0.39, 0.29) is 10.8 Å². The maximum atomic E-state index is 2.52. The van der Waals surface area contributed by atoms with E-state index in [1.807, 2.05) is 0 Å². The zero-order valence-corrected chi connectivity index (χ0v) is 36.6. The average Bonchev–Trinajstić information content (AvgIpc) is 3.84. The SMILES string of the molecule is Cc1cccc(-c2ccc3c(c2)C(C)(C)c2cc(N(c4ccc5c(c4)-c4ccccc4C5(c4ccccc4)c4ccccc4)c4ccc5c(c4)C(C)(C)c4ccccc4-5)ccc2-3)c1. The van der Waals surface area contributed by atoms with Crippen LogP contribution < -0.4 is 4.90 Å². The molecule has 0 N–H and O–H groups in total. The number of rotatable bonds is 6. The second-order valence-corrected chi connectivity index (χ2v) is 19.0. The summed E-state index contributed by atoms with van der Waals surface area (Å²) in [5, 5.41) is 0. The van der Waals surface area contributed by atoms with Crippen molar-refractivity contribution >= 4 is 17.1 Å². The summed E-state index contributed by atoms with van der Waals surface area (Å²) in [6, 6.07) is 77.8. The van der Waals surface area contributed by atoms with E-state index in [4.69, 9.17) is 0 Å². The Labute approximate surface area is 372 Å². The van der Waals surface area contributed by atoms with Crippen molar-refractivity contribution in [1.29, 1.82) is 0 Å². The highest BCUT2D eigenvalue weighted by Crippen LogP contribution is 2.58. The molecular weight excluding hydrogens is 759 g/mol. The van der Waals surface area contributed by atoms with E-state index in [9.17, 15) is 0 Å². The second-order valence-electron chi connectivity index (χ2n) is 19.0. The Morgan fingerprint density at radius 2 is 0.746 bits per heavy atom. The molecule has 0 heterocycles. The maximum absolute atomic E-state index is 2.52. The van der Waals surface area contributed by atoms with Gasteiger partial charge in [-0.15, -0.1) is 0 Å². The van der Waals surface area contributed by atoms with Crippen LogP contribution in [0.2, 0.25) is 0 Å². The number of fused-ring (bicyclic) bond motifs is 9. The first-order valence-corrected chi connectivity index (χ1v) is 22.4. The van der Waals surface area contributed by atoms with E-state index in [0.717, 1.165) is 17.1 Å². The summed E-state index contributed by atoms with van der Waals surface area (Å²) in [6.07, 6.45) is 0. The van der Waals surface area contributed by atoms with Gasteiger partial charge in [-0.1, -0.05) is 197 Å². The lowest BCUT2D eigenvalue weighted by Gasteiger charge is -2.34. The van der Waals surface area contributed by atoms with Crippen molar-refractivity contribution in [3.63, 3.8) is 0 Å². The van der Waals surface area contributed by atoms with Crippen molar-refractivity contribution in [2.24, 2.45) is 0 Å². The third-order valence-electron chi connectivity index (χ3n) is 14.8. The zero-order chi connectivity index (χ0) is 42.7. The summed E-state index contributed by atoms with van der Waals surface area (Å²) in [5.41, 5.74) is 25.0. The fraction of sp³-hybridized carbons (Fsp3) is 0.129. The Hall–Kier alpha value is -7.22. The highest BCUT2D eigenvalue weighted by Gasteiger charge is 2.46. The number of hydrogen-bond donors (Lipinski definition) is 0. The number of anilines is 3. The van der Waals surface area contributed by atoms with Gasteiger partial charge in [0.05, 0.1) is 5.41 Å². The lowest BCUT2D eigenvalue weighted by Crippen LogP contribution is -2.28. The molecule has 0 fully saturated rings. The summed E-state index contributed by atoms with van der Waals surface area (Å²) >= 11 is 0. The van der Waals surface area contributed by atoms with Crippen molar-refractivity contribution in [1.82, 2.24) is 0 Å². The highest BCUT2D eigenvalue weighted by atomic mass is 15.1. The fourth-order valence-electron chi connectivity index (χ4n) is 11.7. The first-order valence-electron chi connectivity index (χ1n) is 22.4. The van der Waals surface area contributed by atoms with Gasteiger partial charge in [0.2, 0.25) is 0 Å². The van der Waals surface area contributed by atoms with E-state index in [2.05, 4.69) is 246 Å². The van der Waals surface area contributed by atoms with E-state index in [1.54, 1.807) is 0 Å². The first-order chi connectivity index (χ1) is 30.7. The van der Waals surface area contributed by atoms with Crippen LogP contribution in [0.4, 0.5) is 17.1 Å². The van der Waals surface area contributed by atoms with Gasteiger partial charge in [0, 0.05) is 27.9 Å². The molecule has 9 aromatic rings. The molecule has 0 radical (unpaired) electrons. The van der Waals surface area contributed by atoms with Crippen LogP contribution >= 0.6 is 0 Å². The molecule has 0 atom stereocenters. The van der Waals surface area contributed by atoms with Crippen LogP contribution in [0.15, 0.2) is 206 Å². The van der Waals surface area contributed by atoms with Crippen molar-refractivity contribution in [3.8, 4) is 44.5 Å². The Balaban J connectivity index is 1.06. The average molecular weight is 808 g/mol. The van der Waals surface area contributed by atoms with Crippen LogP contribution in [0.25, 0.3) is 44.5 Å². The van der Waals surface area contributed by atoms with Crippen LogP contribution in [0.1, 0.15) is 77.8 Å². The Bertz CT molecular complexity index is 3260. The molecule has 0 aromatic heterocycles. The molecule has 1 nitrogen and oxygen atoms in total. The van der Waals surface area contributed by atoms with E-state index in [0.29, 0.717) is 0 Å². The molecule has 12 rings (SSSR count). The van der Waals surface area contributed by atoms with Crippen molar-refractivity contribution in [3.05, 3.63) is 256 Å². The molecule has 0 bridgehead atoms. The zero-order valence-electron chi connectivity index (χ0n) is 36.6. The third kappa shape index (κ3) is 5.36. The van der Waals surface area contributed by atoms with Crippen LogP contribution in [-0.4, -0.2) is 0 Å². The Morgan fingerprint density at radius 1 is 0.302 bits per heavy atom. The Kier molecular flexibility index (Phi) is 8.13. The van der Waals surface area contributed by atoms with Gasteiger partial charge in [-0.3, -0.25) is 0 Å². The first kappa shape index (κ1) is 37.5. The molecular formula is C62H49N. The van der Waals surface area contributed by atoms with Crippen molar-refractivity contribution in [2.75, 3.05) is 4.90 Å². The topological polar surface area (TPSA) is 3.24 Å². The van der Waals surface area contributed by atoms with Crippen LogP contribution in [0.3, 0.4) is 0 Å². The lowest BCUT2D eigenvalue weighted by atomic mass is 9.68. The van der Waals surface area contributed by atoms with Gasteiger partial charge < -0.3 is 4.90 Å². The summed E-state index contributed by atoms with van der Waals surface area (Å²) < 4.78 is 0. The minimum absolute atomic E-state index is 0.133. The van der Waals surface area contributed by atoms with Gasteiger partial charge in [0.15, 0.2) is 0 Å². The van der Waals surface area contributed by atoms with Crippen LogP contribution in [0.5, 0.6) is 0 Å². The number of benzene rings is 9. The van der Waals surface area contributed by atoms with E-state index < -0.39 is 5.41 Å². The molecule has 0 saturated carbocycles. The molecule has 63 heavy (non-hydrogen) atoms. The van der Waals surface area contributed by atoms with Gasteiger partial charge in [0.1, 0.15) is 0 Å². The van der Waals surface area contributed by atoms with E-state index >= 15 is 0 Å². The van der Waals surface area contributed by atoms with Gasteiger partial charge in [0.25, 0.3) is 0 Å². The smallest absolute Gasteiger partial charge is 0.0713 e. The van der Waals surface area contributed by atoms with Crippen molar-refractivity contribution in [2.45, 2.75) is 50.9 Å². The quantitative estimate of drug-likeness (QED) is 0.162. The van der Waals surface area contributed by atoms with Crippen LogP contribution in [0, 0.1) is 6.92 Å². The predicted octanol–water partition coefficient (Wildman–Crippen LogP) is 16.1. The van der Waals surface area contributed by atoms with E-state index in [1.165, 1.54) is 94.6 Å². The molecule has 3 aliphatic rings. The maximum Gasteiger partial charge on any atom is 0.0713 e. The number of aryl methyl sites for hydroxylation is 1. The summed E-state index contributed by atoms with van der Waals surface area (Å²) in [7, 11) is 0. The lowest BCUT2D eigenvalue weighted by molar-refractivity contribution is 0.660. The van der Waals surface area contributed by atoms with Gasteiger partial charge in [-0.05, 0) is 138 Å². The molecule has 0 saturated heterocycles. The minimum Gasteiger partial charge on any atom is -0.310 e. The molecule has 302 valence electrons. The van der Waals surface area contributed by atoms with Gasteiger partial charge in [-0.2, -0.15) is 0 Å². The minimum atomic E-state index is -0.457. The molecule has 0 aliphatic heterocycles. The Morgan fingerprint density at radius 3 is 1.37 bits per heavy atom. The molecule has 0 unspecified atom stereocenters. The molecule has 0 amide bonds. The number of nitrogens with zero attached hydrogens (tertiary/aromatic N) is 1. The highest BCUT2D eigenvalue weighted by molar-refractivity contribution is 5.93. The fourth-order valence-corrected chi connectivity index (χ4v) is 11.7. The molecule has 1 heteroatoms. The van der Waals surface area contributed by atoms with Gasteiger partial charge >= 0.3 is 0 Å². The second kappa shape index (κ2) is 13.6. The normalized spacial score (nSPS) is 15.1.